The molecule has 0 aliphatic heterocycles. The van der Waals surface area contributed by atoms with Gasteiger partial charge in [0.25, 0.3) is 0 Å². The normalized spacial score (nSPS) is 9.76. The third-order valence-electron chi connectivity index (χ3n) is 2.21. The van der Waals surface area contributed by atoms with Crippen LogP contribution < -0.4 is 0 Å². The summed E-state index contributed by atoms with van der Waals surface area (Å²) in [6.45, 7) is 3.73. The summed E-state index contributed by atoms with van der Waals surface area (Å²) in [5.74, 6) is 0.111. The standard InChI is InChI=1S/C13H14O3S/c1-9(8-17-3)12(14)10-4-6-11(7-5-10)13(15)16-2/h4-7H,1,8H2,2-3H3. The van der Waals surface area contributed by atoms with Gasteiger partial charge in [-0.25, -0.2) is 4.79 Å². The van der Waals surface area contributed by atoms with Crippen molar-refractivity contribution in [3.8, 4) is 0 Å². The van der Waals surface area contributed by atoms with Crippen LogP contribution in [0, 0.1) is 0 Å². The molecule has 0 radical (unpaired) electrons. The van der Waals surface area contributed by atoms with E-state index < -0.39 is 5.97 Å². The van der Waals surface area contributed by atoms with E-state index in [9.17, 15) is 9.59 Å². The van der Waals surface area contributed by atoms with Crippen LogP contribution in [0.25, 0.3) is 0 Å². The summed E-state index contributed by atoms with van der Waals surface area (Å²) in [6, 6.07) is 6.37. The first-order chi connectivity index (χ1) is 8.10. The maximum Gasteiger partial charge on any atom is 0.337 e. The van der Waals surface area contributed by atoms with Gasteiger partial charge in [-0.3, -0.25) is 4.79 Å². The molecule has 0 aromatic heterocycles. The first-order valence-electron chi connectivity index (χ1n) is 5.00. The smallest absolute Gasteiger partial charge is 0.337 e. The fourth-order valence-corrected chi connectivity index (χ4v) is 1.80. The molecule has 0 atom stereocenters. The molecule has 1 aromatic carbocycles. The van der Waals surface area contributed by atoms with Crippen LogP contribution in [0.1, 0.15) is 20.7 Å². The van der Waals surface area contributed by atoms with Crippen LogP contribution in [-0.4, -0.2) is 30.9 Å². The molecule has 4 heteroatoms. The quantitative estimate of drug-likeness (QED) is 0.457. The van der Waals surface area contributed by atoms with Crippen molar-refractivity contribution in [2.45, 2.75) is 0 Å². The van der Waals surface area contributed by atoms with Crippen LogP contribution in [-0.2, 0) is 4.74 Å². The van der Waals surface area contributed by atoms with Gasteiger partial charge in [0.15, 0.2) is 5.78 Å². The van der Waals surface area contributed by atoms with Gasteiger partial charge < -0.3 is 4.74 Å². The summed E-state index contributed by atoms with van der Waals surface area (Å²) in [5, 5.41) is 0. The lowest BCUT2D eigenvalue weighted by Gasteiger charge is -2.04. The van der Waals surface area contributed by atoms with Crippen LogP contribution in [0.2, 0.25) is 0 Å². The Kier molecular flexibility index (Phi) is 4.97. The number of carbonyl (C=O) groups excluding carboxylic acids is 2. The molecular formula is C13H14O3S. The highest BCUT2D eigenvalue weighted by Crippen LogP contribution is 2.12. The Morgan fingerprint density at radius 2 is 1.76 bits per heavy atom. The van der Waals surface area contributed by atoms with Crippen molar-refractivity contribution in [3.63, 3.8) is 0 Å². The minimum absolute atomic E-state index is 0.0873. The zero-order chi connectivity index (χ0) is 12.8. The monoisotopic (exact) mass is 250 g/mol. The molecule has 0 fully saturated rings. The highest BCUT2D eigenvalue weighted by Gasteiger charge is 2.11. The fraction of sp³-hybridized carbons (Fsp3) is 0.231. The van der Waals surface area contributed by atoms with Crippen LogP contribution in [0.15, 0.2) is 36.4 Å². The molecule has 0 aliphatic rings. The number of esters is 1. The van der Waals surface area contributed by atoms with Gasteiger partial charge in [-0.05, 0) is 18.4 Å². The van der Waals surface area contributed by atoms with Gasteiger partial charge in [0.05, 0.1) is 12.7 Å². The molecular weight excluding hydrogens is 236 g/mol. The van der Waals surface area contributed by atoms with E-state index in [0.717, 1.165) is 0 Å². The highest BCUT2D eigenvalue weighted by molar-refractivity contribution is 7.98. The van der Waals surface area contributed by atoms with E-state index in [2.05, 4.69) is 11.3 Å². The van der Waals surface area contributed by atoms with Crippen LogP contribution in [0.4, 0.5) is 0 Å². The third kappa shape index (κ3) is 3.46. The summed E-state index contributed by atoms with van der Waals surface area (Å²) in [4.78, 5) is 23.1. The Hall–Kier alpha value is -1.55. The molecule has 3 nitrogen and oxygen atoms in total. The van der Waals surface area contributed by atoms with Gasteiger partial charge in [-0.1, -0.05) is 18.7 Å². The molecule has 0 bridgehead atoms. The lowest BCUT2D eigenvalue weighted by atomic mass is 10.0. The number of ether oxygens (including phenoxy) is 1. The van der Waals surface area contributed by atoms with Crippen molar-refractivity contribution in [3.05, 3.63) is 47.5 Å². The summed E-state index contributed by atoms with van der Waals surface area (Å²) >= 11 is 1.55. The predicted octanol–water partition coefficient (Wildman–Crippen LogP) is 2.58. The van der Waals surface area contributed by atoms with Gasteiger partial charge in [-0.2, -0.15) is 11.8 Å². The van der Waals surface area contributed by atoms with E-state index >= 15 is 0 Å². The maximum absolute atomic E-state index is 11.9. The van der Waals surface area contributed by atoms with Crippen molar-refractivity contribution in [1.82, 2.24) is 0 Å². The highest BCUT2D eigenvalue weighted by atomic mass is 32.2. The number of thioether (sulfide) groups is 1. The third-order valence-corrected chi connectivity index (χ3v) is 2.85. The molecule has 0 amide bonds. The molecule has 0 spiro atoms. The molecule has 17 heavy (non-hydrogen) atoms. The molecule has 90 valence electrons. The topological polar surface area (TPSA) is 43.4 Å². The Morgan fingerprint density at radius 3 is 2.24 bits per heavy atom. The zero-order valence-corrected chi connectivity index (χ0v) is 10.7. The number of Topliss-reactive ketones (excluding diaryl/α,β-unsaturated/α-hetero) is 1. The van der Waals surface area contributed by atoms with Crippen LogP contribution >= 0.6 is 11.8 Å². The van der Waals surface area contributed by atoms with E-state index in [1.165, 1.54) is 7.11 Å². The van der Waals surface area contributed by atoms with Gasteiger partial charge >= 0.3 is 5.97 Å². The number of hydrogen-bond acceptors (Lipinski definition) is 4. The molecule has 0 heterocycles. The predicted molar refractivity (Wildman–Crippen MR) is 69.6 cm³/mol. The van der Waals surface area contributed by atoms with E-state index in [-0.39, 0.29) is 5.78 Å². The largest absolute Gasteiger partial charge is 0.465 e. The molecule has 0 aliphatic carbocycles. The number of hydrogen-bond donors (Lipinski definition) is 0. The van der Waals surface area contributed by atoms with Gasteiger partial charge in [0.2, 0.25) is 0 Å². The molecule has 1 aromatic rings. The number of benzene rings is 1. The SMILES string of the molecule is C=C(CSC)C(=O)c1ccc(C(=O)OC)cc1. The minimum Gasteiger partial charge on any atom is -0.465 e. The van der Waals surface area contributed by atoms with E-state index in [4.69, 9.17) is 0 Å². The number of methoxy groups -OCH3 is 1. The summed E-state index contributed by atoms with van der Waals surface area (Å²) in [7, 11) is 1.32. The second-order valence-electron chi connectivity index (χ2n) is 3.43. The van der Waals surface area contributed by atoms with Crippen molar-refractivity contribution >= 4 is 23.5 Å². The van der Waals surface area contributed by atoms with Gasteiger partial charge in [0.1, 0.15) is 0 Å². The van der Waals surface area contributed by atoms with E-state index in [1.807, 2.05) is 6.26 Å². The Labute approximate surface area is 105 Å². The molecule has 1 rings (SSSR count). The summed E-state index contributed by atoms with van der Waals surface area (Å²) in [6.07, 6.45) is 1.92. The lowest BCUT2D eigenvalue weighted by Crippen LogP contribution is -2.06. The van der Waals surface area contributed by atoms with Crippen LogP contribution in [0.5, 0.6) is 0 Å². The summed E-state index contributed by atoms with van der Waals surface area (Å²) < 4.78 is 4.58. The van der Waals surface area contributed by atoms with Gasteiger partial charge in [0, 0.05) is 16.9 Å². The molecule has 0 saturated carbocycles. The fourth-order valence-electron chi connectivity index (χ4n) is 1.32. The molecule has 0 unspecified atom stereocenters. The summed E-state index contributed by atoms with van der Waals surface area (Å²) in [5.41, 5.74) is 1.53. The van der Waals surface area contributed by atoms with Crippen LogP contribution in [0.3, 0.4) is 0 Å². The average molecular weight is 250 g/mol. The lowest BCUT2D eigenvalue weighted by molar-refractivity contribution is 0.0600. The van der Waals surface area contributed by atoms with E-state index in [1.54, 1.807) is 36.0 Å². The Bertz CT molecular complexity index is 434. The molecule has 0 saturated heterocycles. The Balaban J connectivity index is 2.84. The number of rotatable bonds is 5. The first-order valence-corrected chi connectivity index (χ1v) is 6.39. The van der Waals surface area contributed by atoms with Gasteiger partial charge in [-0.15, -0.1) is 0 Å². The first kappa shape index (κ1) is 13.5. The van der Waals surface area contributed by atoms with Crippen molar-refractivity contribution in [2.75, 3.05) is 19.1 Å². The number of ketones is 1. The van der Waals surface area contributed by atoms with E-state index in [0.29, 0.717) is 22.5 Å². The second-order valence-corrected chi connectivity index (χ2v) is 4.30. The average Bonchev–Trinajstić information content (AvgIpc) is 2.37. The maximum atomic E-state index is 11.9. The van der Waals surface area contributed by atoms with Crippen molar-refractivity contribution in [2.24, 2.45) is 0 Å². The molecule has 0 N–H and O–H groups in total. The number of carbonyl (C=O) groups is 2. The van der Waals surface area contributed by atoms with Crippen molar-refractivity contribution in [1.29, 1.82) is 0 Å². The Morgan fingerprint density at radius 1 is 1.24 bits per heavy atom. The van der Waals surface area contributed by atoms with Crippen molar-refractivity contribution < 1.29 is 14.3 Å². The zero-order valence-electron chi connectivity index (χ0n) is 9.86. The second kappa shape index (κ2) is 6.25. The minimum atomic E-state index is -0.410.